The standard InChI is InChI=1S/C15H22OSi/c1-12-8-7-10-13-9-5-6-11-14(13)15(12)16-17(2,3)4/h5-6,9,11H,7-8,10H2,1-4H3. The molecule has 0 heterocycles. The van der Waals surface area contributed by atoms with Crippen LogP contribution in [0.4, 0.5) is 0 Å². The Labute approximate surface area is 106 Å². The molecule has 0 aliphatic heterocycles. The van der Waals surface area contributed by atoms with E-state index in [9.17, 15) is 0 Å². The van der Waals surface area contributed by atoms with E-state index in [1.807, 2.05) is 0 Å². The summed E-state index contributed by atoms with van der Waals surface area (Å²) in [7, 11) is -1.54. The van der Waals surface area contributed by atoms with Gasteiger partial charge < -0.3 is 4.43 Å². The van der Waals surface area contributed by atoms with Gasteiger partial charge in [-0.3, -0.25) is 0 Å². The minimum atomic E-state index is -1.54. The number of allylic oxidation sites excluding steroid dienone is 1. The van der Waals surface area contributed by atoms with Gasteiger partial charge in [-0.05, 0) is 57.0 Å². The van der Waals surface area contributed by atoms with Crippen LogP contribution in [0.5, 0.6) is 0 Å². The van der Waals surface area contributed by atoms with E-state index in [1.165, 1.54) is 29.5 Å². The van der Waals surface area contributed by atoms with E-state index < -0.39 is 8.32 Å². The number of benzene rings is 1. The van der Waals surface area contributed by atoms with Crippen LogP contribution < -0.4 is 0 Å². The predicted octanol–water partition coefficient (Wildman–Crippen LogP) is 4.61. The average molecular weight is 246 g/mol. The van der Waals surface area contributed by atoms with Gasteiger partial charge in [0, 0.05) is 5.56 Å². The van der Waals surface area contributed by atoms with Crippen molar-refractivity contribution >= 4 is 14.1 Å². The quantitative estimate of drug-likeness (QED) is 0.693. The first-order valence-electron chi connectivity index (χ1n) is 6.44. The van der Waals surface area contributed by atoms with E-state index in [2.05, 4.69) is 50.8 Å². The van der Waals surface area contributed by atoms with Crippen LogP contribution in [-0.4, -0.2) is 8.32 Å². The third-order valence-corrected chi connectivity index (χ3v) is 3.87. The highest BCUT2D eigenvalue weighted by molar-refractivity contribution is 6.70. The van der Waals surface area contributed by atoms with Crippen molar-refractivity contribution in [1.82, 2.24) is 0 Å². The van der Waals surface area contributed by atoms with Crippen LogP contribution >= 0.6 is 0 Å². The summed E-state index contributed by atoms with van der Waals surface area (Å²) in [5.41, 5.74) is 4.18. The molecule has 0 radical (unpaired) electrons. The maximum atomic E-state index is 6.32. The molecule has 0 fully saturated rings. The van der Waals surface area contributed by atoms with Crippen LogP contribution in [0.15, 0.2) is 29.8 Å². The fourth-order valence-corrected chi connectivity index (χ4v) is 3.19. The summed E-state index contributed by atoms with van der Waals surface area (Å²) in [6.07, 6.45) is 3.57. The number of fused-ring (bicyclic) bond motifs is 1. The van der Waals surface area contributed by atoms with Crippen molar-refractivity contribution in [3.8, 4) is 0 Å². The summed E-state index contributed by atoms with van der Waals surface area (Å²) in [5.74, 6) is 1.16. The summed E-state index contributed by atoms with van der Waals surface area (Å²) in [6.45, 7) is 8.97. The average Bonchev–Trinajstić information content (AvgIpc) is 2.38. The monoisotopic (exact) mass is 246 g/mol. The lowest BCUT2D eigenvalue weighted by Crippen LogP contribution is -2.25. The molecule has 0 amide bonds. The molecule has 0 spiro atoms. The lowest BCUT2D eigenvalue weighted by Gasteiger charge is -2.24. The van der Waals surface area contributed by atoms with Gasteiger partial charge in [-0.25, -0.2) is 0 Å². The summed E-state index contributed by atoms with van der Waals surface area (Å²) >= 11 is 0. The zero-order chi connectivity index (χ0) is 12.5. The first kappa shape index (κ1) is 12.4. The first-order valence-corrected chi connectivity index (χ1v) is 9.85. The molecular formula is C15H22OSi. The third kappa shape index (κ3) is 3.00. The summed E-state index contributed by atoms with van der Waals surface area (Å²) in [6, 6.07) is 8.69. The molecule has 0 atom stereocenters. The Morgan fingerprint density at radius 3 is 2.47 bits per heavy atom. The fourth-order valence-electron chi connectivity index (χ4n) is 2.30. The van der Waals surface area contributed by atoms with E-state index >= 15 is 0 Å². The van der Waals surface area contributed by atoms with E-state index in [1.54, 1.807) is 0 Å². The molecule has 1 aliphatic carbocycles. The largest absolute Gasteiger partial charge is 0.544 e. The minimum absolute atomic E-state index is 1.16. The molecule has 17 heavy (non-hydrogen) atoms. The molecule has 1 nitrogen and oxygen atoms in total. The van der Waals surface area contributed by atoms with Crippen LogP contribution in [0, 0.1) is 0 Å². The second-order valence-corrected chi connectivity index (χ2v) is 10.3. The summed E-state index contributed by atoms with van der Waals surface area (Å²) < 4.78 is 6.32. The van der Waals surface area contributed by atoms with E-state index in [0.717, 1.165) is 12.2 Å². The van der Waals surface area contributed by atoms with Gasteiger partial charge in [0.15, 0.2) is 0 Å². The van der Waals surface area contributed by atoms with Crippen molar-refractivity contribution in [1.29, 1.82) is 0 Å². The molecule has 0 bridgehead atoms. The van der Waals surface area contributed by atoms with Gasteiger partial charge in [0.2, 0.25) is 8.32 Å². The Hall–Kier alpha value is -1.02. The van der Waals surface area contributed by atoms with Crippen LogP contribution in [0.2, 0.25) is 19.6 Å². The molecule has 0 saturated carbocycles. The Kier molecular flexibility index (Phi) is 3.43. The maximum Gasteiger partial charge on any atom is 0.242 e. The van der Waals surface area contributed by atoms with Crippen molar-refractivity contribution in [3.63, 3.8) is 0 Å². The Morgan fingerprint density at radius 2 is 1.76 bits per heavy atom. The smallest absolute Gasteiger partial charge is 0.242 e. The molecule has 0 N–H and O–H groups in total. The lowest BCUT2D eigenvalue weighted by molar-refractivity contribution is 0.508. The molecule has 0 aromatic heterocycles. The van der Waals surface area contributed by atoms with Gasteiger partial charge in [0.1, 0.15) is 5.76 Å². The Morgan fingerprint density at radius 1 is 1.06 bits per heavy atom. The van der Waals surface area contributed by atoms with Gasteiger partial charge >= 0.3 is 0 Å². The number of rotatable bonds is 2. The predicted molar refractivity (Wildman–Crippen MR) is 76.4 cm³/mol. The summed E-state index contributed by atoms with van der Waals surface area (Å²) in [5, 5.41) is 0. The topological polar surface area (TPSA) is 9.23 Å². The van der Waals surface area contributed by atoms with Crippen molar-refractivity contribution in [2.45, 2.75) is 45.8 Å². The second kappa shape index (κ2) is 4.69. The highest BCUT2D eigenvalue weighted by Crippen LogP contribution is 2.32. The van der Waals surface area contributed by atoms with E-state index in [4.69, 9.17) is 4.43 Å². The SMILES string of the molecule is CC1=C(O[Si](C)(C)C)c2ccccc2CCC1. The van der Waals surface area contributed by atoms with E-state index in [-0.39, 0.29) is 0 Å². The van der Waals surface area contributed by atoms with Gasteiger partial charge in [0.25, 0.3) is 0 Å². The third-order valence-electron chi connectivity index (χ3n) is 3.06. The van der Waals surface area contributed by atoms with Crippen molar-refractivity contribution in [2.75, 3.05) is 0 Å². The zero-order valence-electron chi connectivity index (χ0n) is 11.3. The highest BCUT2D eigenvalue weighted by atomic mass is 28.4. The zero-order valence-corrected chi connectivity index (χ0v) is 12.3. The van der Waals surface area contributed by atoms with Gasteiger partial charge in [0.05, 0.1) is 0 Å². The molecule has 92 valence electrons. The maximum absolute atomic E-state index is 6.32. The van der Waals surface area contributed by atoms with Crippen LogP contribution in [0.3, 0.4) is 0 Å². The number of aryl methyl sites for hydroxylation is 1. The van der Waals surface area contributed by atoms with Crippen molar-refractivity contribution in [3.05, 3.63) is 41.0 Å². The van der Waals surface area contributed by atoms with Crippen LogP contribution in [-0.2, 0) is 10.8 Å². The molecule has 2 rings (SSSR count). The molecule has 1 aromatic rings. The molecule has 0 unspecified atom stereocenters. The normalized spacial score (nSPS) is 16.5. The van der Waals surface area contributed by atoms with Gasteiger partial charge in [-0.2, -0.15) is 0 Å². The number of hydrogen-bond donors (Lipinski definition) is 0. The molecule has 2 heteroatoms. The van der Waals surface area contributed by atoms with E-state index in [0.29, 0.717) is 0 Å². The van der Waals surface area contributed by atoms with Crippen LogP contribution in [0.1, 0.15) is 30.9 Å². The Balaban J connectivity index is 2.46. The molecular weight excluding hydrogens is 224 g/mol. The highest BCUT2D eigenvalue weighted by Gasteiger charge is 2.22. The minimum Gasteiger partial charge on any atom is -0.544 e. The number of hydrogen-bond acceptors (Lipinski definition) is 1. The molecule has 0 saturated heterocycles. The molecule has 1 aromatic carbocycles. The second-order valence-electron chi connectivity index (χ2n) is 5.83. The lowest BCUT2D eigenvalue weighted by atomic mass is 10.0. The van der Waals surface area contributed by atoms with Gasteiger partial charge in [-0.15, -0.1) is 0 Å². The fraction of sp³-hybridized carbons (Fsp3) is 0.467. The summed E-state index contributed by atoms with van der Waals surface area (Å²) in [4.78, 5) is 0. The Bertz CT molecular complexity index is 440. The first-order chi connectivity index (χ1) is 7.97. The van der Waals surface area contributed by atoms with Crippen molar-refractivity contribution in [2.24, 2.45) is 0 Å². The van der Waals surface area contributed by atoms with Crippen molar-refractivity contribution < 1.29 is 4.43 Å². The van der Waals surface area contributed by atoms with Crippen LogP contribution in [0.25, 0.3) is 5.76 Å². The molecule has 1 aliphatic rings. The van der Waals surface area contributed by atoms with Gasteiger partial charge in [-0.1, -0.05) is 24.3 Å².